The fourth-order valence-electron chi connectivity index (χ4n) is 2.85. The minimum atomic E-state index is -0.234. The van der Waals surface area contributed by atoms with Crippen molar-refractivity contribution < 1.29 is 4.79 Å². The van der Waals surface area contributed by atoms with Gasteiger partial charge in [0.2, 0.25) is 0 Å². The van der Waals surface area contributed by atoms with E-state index in [9.17, 15) is 4.79 Å². The first-order chi connectivity index (χ1) is 13.8. The maximum Gasteiger partial charge on any atom is 0.254 e. The molecule has 0 aliphatic carbocycles. The molecule has 28 heavy (non-hydrogen) atoms. The van der Waals surface area contributed by atoms with Crippen molar-refractivity contribution in [3.8, 4) is 11.4 Å². The summed E-state index contributed by atoms with van der Waals surface area (Å²) in [5.74, 6) is 0.317. The van der Waals surface area contributed by atoms with Gasteiger partial charge in [0, 0.05) is 42.7 Å². The molecule has 1 aromatic carbocycles. The molecule has 138 valence electrons. The number of rotatable bonds is 6. The normalized spacial score (nSPS) is 11.7. The highest BCUT2D eigenvalue weighted by molar-refractivity contribution is 5.94. The molecule has 0 saturated heterocycles. The molecule has 3 aromatic heterocycles. The van der Waals surface area contributed by atoms with Gasteiger partial charge in [-0.3, -0.25) is 14.5 Å². The number of carbonyl (C=O) groups excluding carboxylic acids is 1. The first kappa shape index (κ1) is 17.5. The van der Waals surface area contributed by atoms with Crippen molar-refractivity contribution in [1.29, 1.82) is 0 Å². The lowest BCUT2D eigenvalue weighted by Crippen LogP contribution is -2.31. The minimum Gasteiger partial charge on any atom is -0.343 e. The second-order valence-corrected chi connectivity index (χ2v) is 6.20. The highest BCUT2D eigenvalue weighted by Gasteiger charge is 2.17. The number of pyridine rings is 1. The fourth-order valence-corrected chi connectivity index (χ4v) is 2.85. The number of hydrogen-bond acceptors (Lipinski definition) is 5. The molecule has 1 N–H and O–H groups in total. The van der Waals surface area contributed by atoms with E-state index in [1.165, 1.54) is 12.4 Å². The zero-order valence-electron chi connectivity index (χ0n) is 15.0. The van der Waals surface area contributed by atoms with Gasteiger partial charge in [-0.15, -0.1) is 0 Å². The number of nitrogens with zero attached hydrogens (tertiary/aromatic N) is 5. The van der Waals surface area contributed by atoms with Crippen molar-refractivity contribution >= 4 is 5.91 Å². The Hall–Kier alpha value is -3.87. The van der Waals surface area contributed by atoms with E-state index < -0.39 is 0 Å². The monoisotopic (exact) mass is 370 g/mol. The summed E-state index contributed by atoms with van der Waals surface area (Å²) in [6.45, 7) is 0.526. The Kier molecular flexibility index (Phi) is 5.15. The van der Waals surface area contributed by atoms with E-state index >= 15 is 0 Å². The molecular weight excluding hydrogens is 352 g/mol. The molecule has 0 radical (unpaired) electrons. The molecule has 0 saturated carbocycles. The summed E-state index contributed by atoms with van der Waals surface area (Å²) in [4.78, 5) is 25.4. The summed E-state index contributed by atoms with van der Waals surface area (Å²) in [5, 5.41) is 7.30. The Balaban J connectivity index is 1.52. The van der Waals surface area contributed by atoms with Crippen LogP contribution in [0, 0.1) is 0 Å². The molecule has 1 atom stereocenters. The number of benzene rings is 1. The highest BCUT2D eigenvalue weighted by Crippen LogP contribution is 2.16. The van der Waals surface area contributed by atoms with Crippen LogP contribution in [0.5, 0.6) is 0 Å². The van der Waals surface area contributed by atoms with Gasteiger partial charge >= 0.3 is 0 Å². The zero-order chi connectivity index (χ0) is 19.2. The molecule has 4 rings (SSSR count). The largest absolute Gasteiger partial charge is 0.343 e. The van der Waals surface area contributed by atoms with E-state index in [1.807, 2.05) is 54.7 Å². The first-order valence-corrected chi connectivity index (χ1v) is 8.85. The Morgan fingerprint density at radius 3 is 2.39 bits per heavy atom. The lowest BCUT2D eigenvalue weighted by molar-refractivity contribution is 0.0931. The molecule has 3 heterocycles. The van der Waals surface area contributed by atoms with Crippen molar-refractivity contribution in [2.45, 2.75) is 12.6 Å². The van der Waals surface area contributed by atoms with E-state index in [0.29, 0.717) is 17.9 Å². The lowest BCUT2D eigenvalue weighted by atomic mass is 10.1. The van der Waals surface area contributed by atoms with Crippen LogP contribution in [-0.4, -0.2) is 30.6 Å². The number of amides is 1. The van der Waals surface area contributed by atoms with Crippen LogP contribution in [0.15, 0.2) is 85.7 Å². The molecule has 1 amide bonds. The third-order valence-corrected chi connectivity index (χ3v) is 4.29. The van der Waals surface area contributed by atoms with Crippen LogP contribution in [0.1, 0.15) is 22.0 Å². The van der Waals surface area contributed by atoms with Gasteiger partial charge in [0.05, 0.1) is 18.2 Å². The molecule has 0 fully saturated rings. The zero-order valence-corrected chi connectivity index (χ0v) is 15.0. The molecule has 0 unspecified atom stereocenters. The Labute approximate surface area is 162 Å². The summed E-state index contributed by atoms with van der Waals surface area (Å²) in [6, 6.07) is 15.1. The van der Waals surface area contributed by atoms with Gasteiger partial charge in [-0.2, -0.15) is 5.10 Å². The Morgan fingerprint density at radius 2 is 1.71 bits per heavy atom. The van der Waals surface area contributed by atoms with E-state index in [1.54, 1.807) is 23.3 Å². The number of hydrogen-bond donors (Lipinski definition) is 1. The SMILES string of the molecule is O=C(N[C@H](Cn1cccn1)c1ccccc1)c1cnc(-c2ccncc2)nc1. The molecule has 0 aliphatic heterocycles. The Morgan fingerprint density at radius 1 is 0.964 bits per heavy atom. The molecule has 0 bridgehead atoms. The molecule has 0 aliphatic rings. The van der Waals surface area contributed by atoms with Gasteiger partial charge in [-0.05, 0) is 23.8 Å². The molecule has 7 heteroatoms. The van der Waals surface area contributed by atoms with Crippen molar-refractivity contribution in [1.82, 2.24) is 30.0 Å². The quantitative estimate of drug-likeness (QED) is 0.564. The first-order valence-electron chi connectivity index (χ1n) is 8.85. The van der Waals surface area contributed by atoms with Crippen LogP contribution < -0.4 is 5.32 Å². The smallest absolute Gasteiger partial charge is 0.254 e. The van der Waals surface area contributed by atoms with Crippen LogP contribution in [0.25, 0.3) is 11.4 Å². The maximum absolute atomic E-state index is 12.8. The van der Waals surface area contributed by atoms with Crippen LogP contribution in [-0.2, 0) is 6.54 Å². The van der Waals surface area contributed by atoms with Crippen molar-refractivity contribution in [3.63, 3.8) is 0 Å². The lowest BCUT2D eigenvalue weighted by Gasteiger charge is -2.19. The van der Waals surface area contributed by atoms with E-state index in [0.717, 1.165) is 11.1 Å². The third kappa shape index (κ3) is 4.09. The number of aromatic nitrogens is 5. The molecule has 7 nitrogen and oxygen atoms in total. The second kappa shape index (κ2) is 8.22. The van der Waals surface area contributed by atoms with Crippen LogP contribution in [0.3, 0.4) is 0 Å². The molecule has 4 aromatic rings. The van der Waals surface area contributed by atoms with E-state index in [2.05, 4.69) is 25.4 Å². The standard InChI is InChI=1S/C21H18N6O/c28-21(18-13-23-20(24-14-18)17-7-10-22-11-8-17)26-19(15-27-12-4-9-25-27)16-5-2-1-3-6-16/h1-14,19H,15H2,(H,26,28)/t19-/m1/s1. The summed E-state index contributed by atoms with van der Waals surface area (Å²) in [5.41, 5.74) is 2.25. The van der Waals surface area contributed by atoms with E-state index in [4.69, 9.17) is 0 Å². The van der Waals surface area contributed by atoms with Gasteiger partial charge in [0.15, 0.2) is 5.82 Å². The van der Waals surface area contributed by atoms with Gasteiger partial charge in [-0.25, -0.2) is 9.97 Å². The fraction of sp³-hybridized carbons (Fsp3) is 0.0952. The third-order valence-electron chi connectivity index (χ3n) is 4.29. The predicted molar refractivity (Wildman–Crippen MR) is 104 cm³/mol. The molecular formula is C21H18N6O. The van der Waals surface area contributed by atoms with Crippen LogP contribution >= 0.6 is 0 Å². The van der Waals surface area contributed by atoms with Gasteiger partial charge in [-0.1, -0.05) is 30.3 Å². The van der Waals surface area contributed by atoms with E-state index in [-0.39, 0.29) is 11.9 Å². The highest BCUT2D eigenvalue weighted by atomic mass is 16.1. The summed E-state index contributed by atoms with van der Waals surface area (Å²) >= 11 is 0. The Bertz CT molecular complexity index is 1020. The van der Waals surface area contributed by atoms with Crippen molar-refractivity contribution in [3.05, 3.63) is 96.8 Å². The average molecular weight is 370 g/mol. The van der Waals surface area contributed by atoms with Gasteiger partial charge in [0.1, 0.15) is 0 Å². The van der Waals surface area contributed by atoms with Crippen LogP contribution in [0.4, 0.5) is 0 Å². The maximum atomic E-state index is 12.8. The van der Waals surface area contributed by atoms with Crippen molar-refractivity contribution in [2.75, 3.05) is 0 Å². The number of carbonyl (C=O) groups is 1. The van der Waals surface area contributed by atoms with Gasteiger partial charge < -0.3 is 5.32 Å². The molecule has 0 spiro atoms. The summed E-state index contributed by atoms with van der Waals surface area (Å²) in [6.07, 6.45) is 10.0. The van der Waals surface area contributed by atoms with Crippen molar-refractivity contribution in [2.24, 2.45) is 0 Å². The van der Waals surface area contributed by atoms with Gasteiger partial charge in [0.25, 0.3) is 5.91 Å². The predicted octanol–water partition coefficient (Wildman–Crippen LogP) is 2.91. The second-order valence-electron chi connectivity index (χ2n) is 6.20. The number of nitrogens with one attached hydrogen (secondary N) is 1. The van der Waals surface area contributed by atoms with Crippen LogP contribution in [0.2, 0.25) is 0 Å². The average Bonchev–Trinajstić information content (AvgIpc) is 3.28. The topological polar surface area (TPSA) is 85.6 Å². The summed E-state index contributed by atoms with van der Waals surface area (Å²) < 4.78 is 1.79. The summed E-state index contributed by atoms with van der Waals surface area (Å²) in [7, 11) is 0. The minimum absolute atomic E-state index is 0.228.